The molecule has 4 aliphatic carbocycles. The van der Waals surface area contributed by atoms with E-state index in [0.717, 1.165) is 24.3 Å². The van der Waals surface area contributed by atoms with Gasteiger partial charge in [0.15, 0.2) is 0 Å². The van der Waals surface area contributed by atoms with Crippen LogP contribution in [-0.2, 0) is 43.3 Å². The lowest BCUT2D eigenvalue weighted by Crippen LogP contribution is -2.62. The summed E-state index contributed by atoms with van der Waals surface area (Å²) in [6, 6.07) is 35.3. The average Bonchev–Trinajstić information content (AvgIpc) is 3.51. The Hall–Kier alpha value is -4.73. The highest BCUT2D eigenvalue weighted by Crippen LogP contribution is 2.57. The standard InChI is InChI=1S/C68H80BClN2/c1-39-29-48-51(66(13,14)27-25-63(48,7)8)37-55(39)72-57-36-47-44(43-30-40(61(2,3)4)19-21-45(43)68(47,17)18)34-53(57)69-54-35-50-52(67(15,16)28-26-65(50,11)12)38-56(54)71(58-31-41(70)32-59(72)60(58)69)42-20-22-46-49(33-42)64(9,10)24-23-62(46,5)6/h19-22,29-38H,23-28H2,1-18H3. The predicted molar refractivity (Wildman–Crippen MR) is 312 cm³/mol. The highest BCUT2D eigenvalue weighted by Gasteiger charge is 2.50. The molecule has 6 aromatic carbocycles. The third-order valence-electron chi connectivity index (χ3n) is 20.2. The smallest absolute Gasteiger partial charge is 0.252 e. The summed E-state index contributed by atoms with van der Waals surface area (Å²) >= 11 is 7.72. The number of hydrogen-bond acceptors (Lipinski definition) is 2. The van der Waals surface area contributed by atoms with Crippen molar-refractivity contribution < 1.29 is 0 Å². The fourth-order valence-electron chi connectivity index (χ4n) is 14.9. The summed E-state index contributed by atoms with van der Waals surface area (Å²) in [7, 11) is 0. The van der Waals surface area contributed by atoms with E-state index in [9.17, 15) is 0 Å². The van der Waals surface area contributed by atoms with Crippen molar-refractivity contribution >= 4 is 68.8 Å². The molecule has 4 heteroatoms. The van der Waals surface area contributed by atoms with E-state index in [1.165, 1.54) is 137 Å². The van der Waals surface area contributed by atoms with Gasteiger partial charge < -0.3 is 9.80 Å². The zero-order valence-corrected chi connectivity index (χ0v) is 47.9. The first-order chi connectivity index (χ1) is 33.3. The van der Waals surface area contributed by atoms with Crippen LogP contribution in [0.1, 0.15) is 212 Å². The van der Waals surface area contributed by atoms with E-state index in [1.807, 2.05) is 0 Å². The van der Waals surface area contributed by atoms with Crippen LogP contribution in [0.4, 0.5) is 34.1 Å². The number of fused-ring (bicyclic) bond motifs is 10. The van der Waals surface area contributed by atoms with Crippen molar-refractivity contribution in [3.05, 3.63) is 146 Å². The Labute approximate surface area is 439 Å². The highest BCUT2D eigenvalue weighted by molar-refractivity contribution is 7.00. The van der Waals surface area contributed by atoms with Crippen molar-refractivity contribution in [1.82, 2.24) is 0 Å². The van der Waals surface area contributed by atoms with Crippen molar-refractivity contribution in [2.75, 3.05) is 9.80 Å². The number of aryl methyl sites for hydroxylation is 1. The van der Waals surface area contributed by atoms with E-state index in [4.69, 9.17) is 11.6 Å². The minimum absolute atomic E-state index is 0.0272. The summed E-state index contributed by atoms with van der Waals surface area (Å²) in [6.45, 7) is 44.0. The summed E-state index contributed by atoms with van der Waals surface area (Å²) in [5.41, 5.74) is 29.0. The maximum atomic E-state index is 7.72. The minimum Gasteiger partial charge on any atom is -0.311 e. The average molecular weight is 972 g/mol. The van der Waals surface area contributed by atoms with Crippen LogP contribution in [0, 0.1) is 6.92 Å². The maximum Gasteiger partial charge on any atom is 0.252 e. The third kappa shape index (κ3) is 6.72. The normalized spacial score (nSPS) is 21.3. The minimum atomic E-state index is -0.191. The molecule has 372 valence electrons. The lowest BCUT2D eigenvalue weighted by Gasteiger charge is -2.48. The molecular weight excluding hydrogens is 891 g/mol. The van der Waals surface area contributed by atoms with Gasteiger partial charge in [0, 0.05) is 44.6 Å². The summed E-state index contributed by atoms with van der Waals surface area (Å²) in [4.78, 5) is 5.33. The number of benzene rings is 6. The van der Waals surface area contributed by atoms with Crippen molar-refractivity contribution in [2.45, 2.75) is 206 Å². The van der Waals surface area contributed by atoms with E-state index in [0.29, 0.717) is 0 Å². The van der Waals surface area contributed by atoms with Crippen molar-refractivity contribution in [1.29, 1.82) is 0 Å². The Bertz CT molecular complexity index is 3360. The maximum absolute atomic E-state index is 7.72. The predicted octanol–water partition coefficient (Wildman–Crippen LogP) is 17.4. The van der Waals surface area contributed by atoms with E-state index in [1.54, 1.807) is 0 Å². The van der Waals surface area contributed by atoms with Crippen molar-refractivity contribution in [3.8, 4) is 11.1 Å². The van der Waals surface area contributed by atoms with Gasteiger partial charge in [0.05, 0.1) is 0 Å². The zero-order chi connectivity index (χ0) is 51.6. The molecule has 0 radical (unpaired) electrons. The van der Waals surface area contributed by atoms with Gasteiger partial charge in [-0.1, -0.05) is 172 Å². The number of halogens is 1. The molecule has 2 heterocycles. The van der Waals surface area contributed by atoms with Gasteiger partial charge in [-0.2, -0.15) is 0 Å². The van der Waals surface area contributed by atoms with Crippen LogP contribution in [-0.4, -0.2) is 6.71 Å². The number of hydrogen-bond donors (Lipinski definition) is 0. The largest absolute Gasteiger partial charge is 0.311 e. The van der Waals surface area contributed by atoms with E-state index >= 15 is 0 Å². The quantitative estimate of drug-likeness (QED) is 0.159. The summed E-state index contributed by atoms with van der Waals surface area (Å²) in [5, 5.41) is 0.768. The number of rotatable bonds is 2. The Balaban J connectivity index is 1.22. The molecule has 0 fully saturated rings. The monoisotopic (exact) mass is 971 g/mol. The molecule has 0 amide bonds. The molecule has 12 rings (SSSR count). The van der Waals surface area contributed by atoms with Gasteiger partial charge in [-0.15, -0.1) is 0 Å². The lowest BCUT2D eigenvalue weighted by molar-refractivity contribution is 0.332. The first-order valence-corrected chi connectivity index (χ1v) is 28.0. The van der Waals surface area contributed by atoms with Gasteiger partial charge in [-0.05, 0) is 209 Å². The van der Waals surface area contributed by atoms with Crippen molar-refractivity contribution in [3.63, 3.8) is 0 Å². The molecule has 0 aromatic heterocycles. The van der Waals surface area contributed by atoms with Crippen molar-refractivity contribution in [2.24, 2.45) is 0 Å². The number of nitrogens with zero attached hydrogens (tertiary/aromatic N) is 2. The Kier molecular flexibility index (Phi) is 9.89. The zero-order valence-electron chi connectivity index (χ0n) is 47.2. The second kappa shape index (κ2) is 14.8. The van der Waals surface area contributed by atoms with Gasteiger partial charge in [-0.3, -0.25) is 0 Å². The first-order valence-electron chi connectivity index (χ1n) is 27.6. The van der Waals surface area contributed by atoms with Crippen LogP contribution in [0.3, 0.4) is 0 Å². The Morgan fingerprint density at radius 2 is 0.847 bits per heavy atom. The highest BCUT2D eigenvalue weighted by atomic mass is 35.5. The van der Waals surface area contributed by atoms with Crippen LogP contribution in [0.5, 0.6) is 0 Å². The van der Waals surface area contributed by atoms with Crippen LogP contribution >= 0.6 is 11.6 Å². The van der Waals surface area contributed by atoms with E-state index in [2.05, 4.69) is 219 Å². The third-order valence-corrected chi connectivity index (χ3v) is 20.4. The van der Waals surface area contributed by atoms with Crippen LogP contribution in [0.25, 0.3) is 11.1 Å². The van der Waals surface area contributed by atoms with Crippen LogP contribution < -0.4 is 26.2 Å². The fourth-order valence-corrected chi connectivity index (χ4v) is 15.1. The summed E-state index contributed by atoms with van der Waals surface area (Å²) in [6.07, 6.45) is 7.03. The van der Waals surface area contributed by atoms with Gasteiger partial charge in [0.1, 0.15) is 0 Å². The SMILES string of the molecule is Cc1cc2c(cc1N1c3cc4c(cc3B3c5cc6c(cc5N(c5ccc7c(c5)C(C)(C)CCC7(C)C)c5cc(Cl)cc1c53)C(C)(C)CCC6(C)C)-c1cc(C(C)(C)C)ccc1C4(C)C)C(C)(C)CCC2(C)C. The molecule has 0 spiro atoms. The molecule has 0 atom stereocenters. The van der Waals surface area contributed by atoms with Gasteiger partial charge >= 0.3 is 0 Å². The molecule has 0 saturated carbocycles. The first kappa shape index (κ1) is 48.2. The fraction of sp³-hybridized carbons (Fsp3) is 0.471. The summed E-state index contributed by atoms with van der Waals surface area (Å²) in [5.74, 6) is 0. The van der Waals surface area contributed by atoms with E-state index in [-0.39, 0.29) is 50.0 Å². The Morgan fingerprint density at radius 1 is 0.417 bits per heavy atom. The van der Waals surface area contributed by atoms with Gasteiger partial charge in [0.2, 0.25) is 0 Å². The summed E-state index contributed by atoms with van der Waals surface area (Å²) < 4.78 is 0. The second-order valence-corrected chi connectivity index (χ2v) is 29.7. The molecule has 6 aromatic rings. The van der Waals surface area contributed by atoms with Gasteiger partial charge in [-0.25, -0.2) is 0 Å². The number of anilines is 6. The van der Waals surface area contributed by atoms with Crippen LogP contribution in [0.2, 0.25) is 5.02 Å². The second-order valence-electron chi connectivity index (χ2n) is 29.2. The molecule has 0 saturated heterocycles. The molecule has 6 aliphatic rings. The molecule has 2 aliphatic heterocycles. The molecule has 0 bridgehead atoms. The van der Waals surface area contributed by atoms with Gasteiger partial charge in [0.25, 0.3) is 6.71 Å². The molecule has 72 heavy (non-hydrogen) atoms. The molecule has 0 unspecified atom stereocenters. The Morgan fingerprint density at radius 3 is 1.42 bits per heavy atom. The lowest BCUT2D eigenvalue weighted by atomic mass is 9.33. The van der Waals surface area contributed by atoms with Crippen LogP contribution in [0.15, 0.2) is 84.9 Å². The molecular formula is C68H80BClN2. The topological polar surface area (TPSA) is 6.48 Å². The van der Waals surface area contributed by atoms with E-state index < -0.39 is 0 Å². The molecule has 0 N–H and O–H groups in total. The molecule has 2 nitrogen and oxygen atoms in total.